The quantitative estimate of drug-likeness (QED) is 0.668. The van der Waals surface area contributed by atoms with Gasteiger partial charge in [0.25, 0.3) is 0 Å². The summed E-state index contributed by atoms with van der Waals surface area (Å²) in [6.07, 6.45) is 2.66. The minimum atomic E-state index is -0.718. The van der Waals surface area contributed by atoms with Crippen LogP contribution in [0.5, 0.6) is 0 Å². The minimum absolute atomic E-state index is 0.0220. The lowest BCUT2D eigenvalue weighted by Gasteiger charge is -2.57. The van der Waals surface area contributed by atoms with Crippen LogP contribution in [-0.2, 0) is 16.5 Å². The second-order valence-corrected chi connectivity index (χ2v) is 8.19. The van der Waals surface area contributed by atoms with E-state index in [1.54, 1.807) is 0 Å². The van der Waals surface area contributed by atoms with Gasteiger partial charge in [-0.2, -0.15) is 5.06 Å². The van der Waals surface area contributed by atoms with Crippen LogP contribution in [0.3, 0.4) is 0 Å². The summed E-state index contributed by atoms with van der Waals surface area (Å²) in [6.45, 7) is 0.889. The molecule has 4 aliphatic heterocycles. The average molecular weight is 363 g/mol. The van der Waals surface area contributed by atoms with Gasteiger partial charge in [-0.1, -0.05) is 0 Å². The molecule has 10 heteroatoms. The van der Waals surface area contributed by atoms with Crippen molar-refractivity contribution in [2.75, 3.05) is 20.3 Å². The molecule has 0 radical (unpaired) electrons. The molecule has 2 unspecified atom stereocenters. The van der Waals surface area contributed by atoms with Crippen LogP contribution in [0.4, 0.5) is 0 Å². The van der Waals surface area contributed by atoms with Crippen molar-refractivity contribution in [3.63, 3.8) is 0 Å². The Hall–Kier alpha value is -1.75. The molecule has 3 fully saturated rings. The lowest BCUT2D eigenvalue weighted by Crippen LogP contribution is -2.67. The maximum atomic E-state index is 13.0. The zero-order valence-electron chi connectivity index (χ0n) is 14.6. The summed E-state index contributed by atoms with van der Waals surface area (Å²) in [4.78, 5) is 30.7. The third kappa shape index (κ3) is 1.21. The molecule has 2 spiro atoms. The first-order valence-electron chi connectivity index (χ1n) is 9.02. The van der Waals surface area contributed by atoms with Crippen LogP contribution in [0.25, 0.3) is 0 Å². The van der Waals surface area contributed by atoms with Gasteiger partial charge in [0.2, 0.25) is 0 Å². The maximum absolute atomic E-state index is 13.0. The zero-order chi connectivity index (χ0) is 18.0. The molecule has 1 N–H and O–H groups in total. The number of nitrogens with zero attached hydrogens (tertiary/aromatic N) is 5. The molecule has 6 rings (SSSR count). The van der Waals surface area contributed by atoms with Crippen molar-refractivity contribution >= 4 is 6.21 Å². The van der Waals surface area contributed by atoms with E-state index < -0.39 is 28.8 Å². The topological polar surface area (TPSA) is 103 Å². The molecule has 26 heavy (non-hydrogen) atoms. The number of hydroxylamine groups is 2. The number of methoxy groups -OCH3 is 1. The van der Waals surface area contributed by atoms with Crippen LogP contribution in [0, 0.1) is 10.8 Å². The molecule has 0 bridgehead atoms. The van der Waals surface area contributed by atoms with Crippen LogP contribution in [0.1, 0.15) is 24.9 Å². The van der Waals surface area contributed by atoms with Crippen molar-refractivity contribution < 1.29 is 14.7 Å². The van der Waals surface area contributed by atoms with Gasteiger partial charge in [0, 0.05) is 26.4 Å². The van der Waals surface area contributed by atoms with Crippen molar-refractivity contribution in [2.24, 2.45) is 22.9 Å². The van der Waals surface area contributed by atoms with Gasteiger partial charge < -0.3 is 14.7 Å². The van der Waals surface area contributed by atoms with E-state index in [0.29, 0.717) is 13.2 Å². The third-order valence-corrected chi connectivity index (χ3v) is 7.73. The van der Waals surface area contributed by atoms with Gasteiger partial charge in [0.15, 0.2) is 6.23 Å². The van der Waals surface area contributed by atoms with E-state index in [1.807, 2.05) is 6.21 Å². The van der Waals surface area contributed by atoms with Gasteiger partial charge in [-0.25, -0.2) is 23.5 Å². The number of ether oxygens (including phenoxy) is 2. The number of rotatable bonds is 1. The largest absolute Gasteiger partial charge is 0.380 e. The van der Waals surface area contributed by atoms with E-state index in [9.17, 15) is 14.8 Å². The fourth-order valence-electron chi connectivity index (χ4n) is 6.82. The lowest BCUT2D eigenvalue weighted by atomic mass is 9.49. The Morgan fingerprint density at radius 1 is 1.23 bits per heavy atom. The molecule has 1 saturated carbocycles. The fraction of sp³-hybridized carbons (Fsp3) is 0.812. The molecule has 2 saturated heterocycles. The van der Waals surface area contributed by atoms with E-state index in [1.165, 1.54) is 28.6 Å². The summed E-state index contributed by atoms with van der Waals surface area (Å²) in [5, 5.41) is 12.2. The van der Waals surface area contributed by atoms with Gasteiger partial charge in [0.1, 0.15) is 12.1 Å². The van der Waals surface area contributed by atoms with Gasteiger partial charge in [0.05, 0.1) is 30.1 Å². The van der Waals surface area contributed by atoms with Crippen LogP contribution in [0.15, 0.2) is 14.6 Å². The van der Waals surface area contributed by atoms with Crippen molar-refractivity contribution in [1.82, 2.24) is 19.0 Å². The molecule has 10 nitrogen and oxygen atoms in total. The molecule has 5 heterocycles. The monoisotopic (exact) mass is 363 g/mol. The smallest absolute Gasteiger partial charge is 0.347 e. The number of hydrogen-bond donors (Lipinski definition) is 1. The number of hydrogen-bond acceptors (Lipinski definition) is 7. The first-order valence-corrected chi connectivity index (χ1v) is 9.02. The van der Waals surface area contributed by atoms with Crippen molar-refractivity contribution in [1.29, 1.82) is 0 Å². The number of fused-ring (bicyclic) bond motifs is 3. The zero-order valence-corrected chi connectivity index (χ0v) is 14.6. The Labute approximate surface area is 148 Å². The molecular formula is C16H21N5O5. The molecule has 0 aromatic carbocycles. The molecule has 5 aliphatic rings. The summed E-state index contributed by atoms with van der Waals surface area (Å²) in [5.74, 6) is 0. The highest BCUT2D eigenvalue weighted by Gasteiger charge is 2.81. The van der Waals surface area contributed by atoms with Crippen molar-refractivity contribution in [3.8, 4) is 0 Å². The van der Waals surface area contributed by atoms with Crippen LogP contribution >= 0.6 is 0 Å². The van der Waals surface area contributed by atoms with Crippen molar-refractivity contribution in [3.05, 3.63) is 21.0 Å². The van der Waals surface area contributed by atoms with E-state index in [0.717, 1.165) is 17.4 Å². The molecule has 1 aromatic heterocycles. The Balaban J connectivity index is 1.78. The van der Waals surface area contributed by atoms with Crippen LogP contribution < -0.4 is 11.4 Å². The molecule has 7 atom stereocenters. The van der Waals surface area contributed by atoms with Gasteiger partial charge >= 0.3 is 11.4 Å². The summed E-state index contributed by atoms with van der Waals surface area (Å²) < 4.78 is 15.8. The number of aliphatic imine (C=N–C) groups is 1. The van der Waals surface area contributed by atoms with E-state index >= 15 is 0 Å². The Morgan fingerprint density at radius 3 is 2.73 bits per heavy atom. The first kappa shape index (κ1) is 15.3. The van der Waals surface area contributed by atoms with E-state index in [4.69, 9.17) is 14.5 Å². The predicted octanol–water partition coefficient (Wildman–Crippen LogP) is -1.26. The van der Waals surface area contributed by atoms with Gasteiger partial charge in [-0.3, -0.25) is 4.99 Å². The highest BCUT2D eigenvalue weighted by molar-refractivity contribution is 5.69. The third-order valence-electron chi connectivity index (χ3n) is 7.73. The molecule has 140 valence electrons. The summed E-state index contributed by atoms with van der Waals surface area (Å²) in [6, 6.07) is -1.03. The lowest BCUT2D eigenvalue weighted by molar-refractivity contribution is -0.217. The fourth-order valence-corrected chi connectivity index (χ4v) is 6.82. The average Bonchev–Trinajstić information content (AvgIpc) is 3.32. The highest BCUT2D eigenvalue weighted by Crippen LogP contribution is 2.72. The minimum Gasteiger partial charge on any atom is -0.380 e. The summed E-state index contributed by atoms with van der Waals surface area (Å²) in [5.41, 5.74) is -1.72. The number of aromatic nitrogens is 3. The van der Waals surface area contributed by atoms with Gasteiger partial charge in [-0.05, 0) is 12.8 Å². The molecular weight excluding hydrogens is 342 g/mol. The first-order chi connectivity index (χ1) is 12.5. The second-order valence-electron chi connectivity index (χ2n) is 8.19. The second kappa shape index (κ2) is 4.38. The van der Waals surface area contributed by atoms with E-state index in [-0.39, 0.29) is 23.8 Å². The van der Waals surface area contributed by atoms with Crippen LogP contribution in [0.2, 0.25) is 0 Å². The Kier molecular flexibility index (Phi) is 2.58. The standard InChI is InChI=1S/C16H21N5O5/c1-18-13(22)19-10-5-17-8-3-4-9-16(7-26-6-15(8,10)16)11(20(19)14(18)23)12(25-2)21(9)24/h5,8-12,24H,3-4,6-7H2,1-2H3/t8-,9+,10-,11+,12+,15?,16?/m1/s1. The summed E-state index contributed by atoms with van der Waals surface area (Å²) in [7, 11) is 3.01. The summed E-state index contributed by atoms with van der Waals surface area (Å²) >= 11 is 0. The van der Waals surface area contributed by atoms with Gasteiger partial charge in [-0.15, -0.1) is 0 Å². The maximum Gasteiger partial charge on any atom is 0.347 e. The van der Waals surface area contributed by atoms with E-state index in [2.05, 4.69) is 0 Å². The molecule has 1 aromatic rings. The van der Waals surface area contributed by atoms with Crippen LogP contribution in [-0.4, -0.2) is 69.1 Å². The van der Waals surface area contributed by atoms with Crippen molar-refractivity contribution in [2.45, 2.75) is 43.2 Å². The Bertz CT molecular complexity index is 963. The molecule has 0 amide bonds. The Morgan fingerprint density at radius 2 is 1.96 bits per heavy atom. The normalized spacial score (nSPS) is 47.9. The SMILES string of the molecule is CO[C@H]1[C@@H]2n3c(=O)n(C)c(=O)n3[C@@H]3C=N[C@@H]4CC[C@H](N1O)C21COCC431. The molecule has 1 aliphatic carbocycles. The highest BCUT2D eigenvalue weighted by atomic mass is 16.6. The predicted molar refractivity (Wildman–Crippen MR) is 87.4 cm³/mol.